The van der Waals surface area contributed by atoms with Gasteiger partial charge in [-0.1, -0.05) is 13.8 Å². The lowest BCUT2D eigenvalue weighted by Gasteiger charge is -2.10. The topological polar surface area (TPSA) is 76.7 Å². The summed E-state index contributed by atoms with van der Waals surface area (Å²) < 4.78 is 10.2. The van der Waals surface area contributed by atoms with E-state index in [0.29, 0.717) is 42.5 Å². The predicted octanol–water partition coefficient (Wildman–Crippen LogP) is 1.60. The quantitative estimate of drug-likeness (QED) is 0.715. The third-order valence-corrected chi connectivity index (χ3v) is 2.94. The van der Waals surface area contributed by atoms with Crippen LogP contribution in [0.4, 0.5) is 0 Å². The van der Waals surface area contributed by atoms with E-state index in [4.69, 9.17) is 9.47 Å². The van der Waals surface area contributed by atoms with Crippen LogP contribution in [0, 0.1) is 5.92 Å². The monoisotopic (exact) mass is 308 g/mol. The zero-order valence-electron chi connectivity index (χ0n) is 13.6. The van der Waals surface area contributed by atoms with E-state index in [-0.39, 0.29) is 11.8 Å². The number of hydrogen-bond acceptors (Lipinski definition) is 4. The first kappa shape index (κ1) is 17.8. The Labute approximate surface area is 131 Å². The summed E-state index contributed by atoms with van der Waals surface area (Å²) in [5.41, 5.74) is 0.449. The summed E-state index contributed by atoms with van der Waals surface area (Å²) in [4.78, 5) is 23.5. The Morgan fingerprint density at radius 3 is 2.05 bits per heavy atom. The summed E-state index contributed by atoms with van der Waals surface area (Å²) in [6, 6.07) is 4.97. The molecular formula is C16H24N2O4. The van der Waals surface area contributed by atoms with Gasteiger partial charge in [-0.15, -0.1) is 0 Å². The lowest BCUT2D eigenvalue weighted by Crippen LogP contribution is -2.35. The van der Waals surface area contributed by atoms with Crippen LogP contribution in [0.5, 0.6) is 11.5 Å². The third-order valence-electron chi connectivity index (χ3n) is 2.94. The fourth-order valence-electron chi connectivity index (χ4n) is 1.86. The Hall–Kier alpha value is -2.24. The van der Waals surface area contributed by atoms with Gasteiger partial charge in [0.1, 0.15) is 11.5 Å². The van der Waals surface area contributed by atoms with Gasteiger partial charge in [-0.25, -0.2) is 0 Å². The number of hydrogen-bond donors (Lipinski definition) is 2. The SMILES string of the molecule is COc1cc(OC)cc(C(=O)NCCNC(=O)CC(C)C)c1. The molecule has 122 valence electrons. The minimum absolute atomic E-state index is 0.00713. The molecule has 22 heavy (non-hydrogen) atoms. The first-order chi connectivity index (χ1) is 10.5. The second-order valence-corrected chi connectivity index (χ2v) is 5.31. The Morgan fingerprint density at radius 1 is 1.00 bits per heavy atom. The lowest BCUT2D eigenvalue weighted by atomic mass is 10.1. The highest BCUT2D eigenvalue weighted by molar-refractivity contribution is 5.95. The van der Waals surface area contributed by atoms with Gasteiger partial charge < -0.3 is 20.1 Å². The van der Waals surface area contributed by atoms with Gasteiger partial charge in [0, 0.05) is 31.1 Å². The number of carbonyl (C=O) groups excluding carboxylic acids is 2. The van der Waals surface area contributed by atoms with E-state index in [1.807, 2.05) is 13.8 Å². The number of carbonyl (C=O) groups is 2. The number of ether oxygens (including phenoxy) is 2. The molecule has 0 aliphatic rings. The summed E-state index contributed by atoms with van der Waals surface area (Å²) in [5, 5.41) is 5.51. The van der Waals surface area contributed by atoms with Crippen LogP contribution in [0.25, 0.3) is 0 Å². The van der Waals surface area contributed by atoms with Crippen molar-refractivity contribution < 1.29 is 19.1 Å². The van der Waals surface area contributed by atoms with Crippen LogP contribution in [0.3, 0.4) is 0 Å². The van der Waals surface area contributed by atoms with Gasteiger partial charge >= 0.3 is 0 Å². The van der Waals surface area contributed by atoms with E-state index in [1.165, 1.54) is 14.2 Å². The molecule has 0 aromatic heterocycles. The van der Waals surface area contributed by atoms with Crippen molar-refractivity contribution in [3.63, 3.8) is 0 Å². The molecular weight excluding hydrogens is 284 g/mol. The van der Waals surface area contributed by atoms with Crippen molar-refractivity contribution in [1.29, 1.82) is 0 Å². The van der Waals surface area contributed by atoms with Gasteiger partial charge in [-0.3, -0.25) is 9.59 Å². The molecule has 6 nitrogen and oxygen atoms in total. The maximum absolute atomic E-state index is 12.1. The molecule has 0 aliphatic carbocycles. The molecule has 0 heterocycles. The smallest absolute Gasteiger partial charge is 0.251 e. The summed E-state index contributed by atoms with van der Waals surface area (Å²) in [5.74, 6) is 1.17. The molecule has 2 amide bonds. The van der Waals surface area contributed by atoms with Crippen molar-refractivity contribution in [2.24, 2.45) is 5.92 Å². The van der Waals surface area contributed by atoms with E-state index < -0.39 is 0 Å². The fourth-order valence-corrected chi connectivity index (χ4v) is 1.86. The molecule has 0 saturated heterocycles. The maximum atomic E-state index is 12.1. The normalized spacial score (nSPS) is 10.2. The molecule has 0 fully saturated rings. The highest BCUT2D eigenvalue weighted by atomic mass is 16.5. The fraction of sp³-hybridized carbons (Fsp3) is 0.500. The third kappa shape index (κ3) is 6.03. The molecule has 1 rings (SSSR count). The second-order valence-electron chi connectivity index (χ2n) is 5.31. The predicted molar refractivity (Wildman–Crippen MR) is 84.3 cm³/mol. The minimum atomic E-state index is -0.240. The second kappa shape index (κ2) is 8.92. The van der Waals surface area contributed by atoms with Crippen LogP contribution >= 0.6 is 0 Å². The summed E-state index contributed by atoms with van der Waals surface area (Å²) in [7, 11) is 3.06. The molecule has 0 saturated carbocycles. The number of amides is 2. The van der Waals surface area contributed by atoms with Crippen molar-refractivity contribution in [3.8, 4) is 11.5 Å². The van der Waals surface area contributed by atoms with Crippen LogP contribution in [-0.4, -0.2) is 39.1 Å². The average molecular weight is 308 g/mol. The molecule has 0 atom stereocenters. The van der Waals surface area contributed by atoms with E-state index in [2.05, 4.69) is 10.6 Å². The van der Waals surface area contributed by atoms with E-state index >= 15 is 0 Å². The van der Waals surface area contributed by atoms with Gasteiger partial charge in [-0.2, -0.15) is 0 Å². The van der Waals surface area contributed by atoms with E-state index in [9.17, 15) is 9.59 Å². The summed E-state index contributed by atoms with van der Waals surface area (Å²) >= 11 is 0. The standard InChI is InChI=1S/C16H24N2O4/c1-11(2)7-15(19)17-5-6-18-16(20)12-8-13(21-3)10-14(9-12)22-4/h8-11H,5-7H2,1-4H3,(H,17,19)(H,18,20). The van der Waals surface area contributed by atoms with Crippen molar-refractivity contribution in [3.05, 3.63) is 23.8 Å². The zero-order chi connectivity index (χ0) is 16.5. The molecule has 0 spiro atoms. The van der Waals surface area contributed by atoms with Crippen LogP contribution in [0.1, 0.15) is 30.6 Å². The average Bonchev–Trinajstić information content (AvgIpc) is 2.49. The molecule has 0 aliphatic heterocycles. The van der Waals surface area contributed by atoms with Crippen molar-refractivity contribution >= 4 is 11.8 Å². The Bertz CT molecular complexity index is 493. The molecule has 2 N–H and O–H groups in total. The lowest BCUT2D eigenvalue weighted by molar-refractivity contribution is -0.121. The zero-order valence-corrected chi connectivity index (χ0v) is 13.6. The molecule has 0 bridgehead atoms. The molecule has 6 heteroatoms. The number of nitrogens with one attached hydrogen (secondary N) is 2. The number of rotatable bonds is 8. The van der Waals surface area contributed by atoms with Gasteiger partial charge in [0.05, 0.1) is 14.2 Å². The minimum Gasteiger partial charge on any atom is -0.497 e. The Kier molecular flexibility index (Phi) is 7.22. The van der Waals surface area contributed by atoms with E-state index in [0.717, 1.165) is 0 Å². The molecule has 1 aromatic carbocycles. The number of benzene rings is 1. The maximum Gasteiger partial charge on any atom is 0.251 e. The highest BCUT2D eigenvalue weighted by Gasteiger charge is 2.10. The first-order valence-corrected chi connectivity index (χ1v) is 7.24. The molecule has 0 radical (unpaired) electrons. The van der Waals surface area contributed by atoms with Crippen LogP contribution in [-0.2, 0) is 4.79 Å². The van der Waals surface area contributed by atoms with Gasteiger partial charge in [-0.05, 0) is 18.1 Å². The Morgan fingerprint density at radius 2 is 1.55 bits per heavy atom. The Balaban J connectivity index is 2.47. The summed E-state index contributed by atoms with van der Waals surface area (Å²) in [6.07, 6.45) is 0.487. The highest BCUT2D eigenvalue weighted by Crippen LogP contribution is 2.22. The van der Waals surface area contributed by atoms with Crippen molar-refractivity contribution in [1.82, 2.24) is 10.6 Å². The van der Waals surface area contributed by atoms with Crippen molar-refractivity contribution in [2.75, 3.05) is 27.3 Å². The number of methoxy groups -OCH3 is 2. The van der Waals surface area contributed by atoms with Crippen LogP contribution in [0.15, 0.2) is 18.2 Å². The van der Waals surface area contributed by atoms with Crippen molar-refractivity contribution in [2.45, 2.75) is 20.3 Å². The van der Waals surface area contributed by atoms with Crippen LogP contribution < -0.4 is 20.1 Å². The van der Waals surface area contributed by atoms with Crippen LogP contribution in [0.2, 0.25) is 0 Å². The molecule has 1 aromatic rings. The van der Waals surface area contributed by atoms with Gasteiger partial charge in [0.2, 0.25) is 5.91 Å². The van der Waals surface area contributed by atoms with E-state index in [1.54, 1.807) is 18.2 Å². The van der Waals surface area contributed by atoms with Gasteiger partial charge in [0.25, 0.3) is 5.91 Å². The molecule has 0 unspecified atom stereocenters. The van der Waals surface area contributed by atoms with Gasteiger partial charge in [0.15, 0.2) is 0 Å². The summed E-state index contributed by atoms with van der Waals surface area (Å²) in [6.45, 7) is 4.73. The first-order valence-electron chi connectivity index (χ1n) is 7.24. The largest absolute Gasteiger partial charge is 0.497 e.